The van der Waals surface area contributed by atoms with Crippen LogP contribution in [0.3, 0.4) is 0 Å². The Balaban J connectivity index is 2.53. The molecule has 2 atom stereocenters. The molecule has 0 bridgehead atoms. The van der Waals surface area contributed by atoms with E-state index in [0.29, 0.717) is 17.9 Å². The molecule has 204 valence electrons. The van der Waals surface area contributed by atoms with Crippen molar-refractivity contribution in [1.82, 2.24) is 10.2 Å². The molecule has 2 aromatic rings. The third-order valence-corrected chi connectivity index (χ3v) is 7.28. The number of hydrogen-bond donors (Lipinski definition) is 1. The van der Waals surface area contributed by atoms with Crippen molar-refractivity contribution in [3.8, 4) is 11.5 Å². The Kier molecular flexibility index (Phi) is 10.8. The molecule has 0 saturated carbocycles. The van der Waals surface area contributed by atoms with Gasteiger partial charge in [-0.1, -0.05) is 32.0 Å². The fraction of sp³-hybridized carbons (Fsp3) is 0.481. The minimum atomic E-state index is -3.87. The molecule has 0 aliphatic heterocycles. The van der Waals surface area contributed by atoms with Crippen LogP contribution in [0.15, 0.2) is 42.5 Å². The van der Waals surface area contributed by atoms with Crippen molar-refractivity contribution in [2.45, 2.75) is 59.2 Å². The quantitative estimate of drug-likeness (QED) is 0.423. The van der Waals surface area contributed by atoms with E-state index in [0.717, 1.165) is 28.1 Å². The number of nitrogens with one attached hydrogen (secondary N) is 1. The zero-order valence-electron chi connectivity index (χ0n) is 22.8. The van der Waals surface area contributed by atoms with Gasteiger partial charge in [0, 0.05) is 12.6 Å². The van der Waals surface area contributed by atoms with Gasteiger partial charge in [0.25, 0.3) is 0 Å². The molecule has 1 N–H and O–H groups in total. The molecule has 0 unspecified atom stereocenters. The number of nitrogens with zero attached hydrogens (tertiary/aromatic N) is 2. The largest absolute Gasteiger partial charge is 0.497 e. The Morgan fingerprint density at radius 1 is 1.03 bits per heavy atom. The maximum atomic E-state index is 13.8. The topological polar surface area (TPSA) is 105 Å². The van der Waals surface area contributed by atoms with Gasteiger partial charge in [-0.2, -0.15) is 0 Å². The lowest BCUT2D eigenvalue weighted by molar-refractivity contribution is -0.140. The van der Waals surface area contributed by atoms with Gasteiger partial charge in [-0.3, -0.25) is 13.9 Å². The second-order valence-electron chi connectivity index (χ2n) is 9.06. The number of carbonyl (C=O) groups excluding carboxylic acids is 2. The first kappa shape index (κ1) is 30.0. The number of aryl methyl sites for hydroxylation is 1. The van der Waals surface area contributed by atoms with Gasteiger partial charge in [0.15, 0.2) is 0 Å². The molecule has 0 saturated heterocycles. The summed E-state index contributed by atoms with van der Waals surface area (Å²) in [5.74, 6) is 0.143. The fourth-order valence-corrected chi connectivity index (χ4v) is 4.76. The minimum Gasteiger partial charge on any atom is -0.497 e. The van der Waals surface area contributed by atoms with Gasteiger partial charge in [0.2, 0.25) is 21.8 Å². The second kappa shape index (κ2) is 13.3. The SMILES string of the molecule is CC[C@H](C(=O)N[C@@H](C)CC)N(Cc1cccc(OC)c1)C(=O)CN(c1cc(C)ccc1OC)S(C)(=O)=O. The van der Waals surface area contributed by atoms with E-state index in [9.17, 15) is 18.0 Å². The van der Waals surface area contributed by atoms with Crippen molar-refractivity contribution >= 4 is 27.5 Å². The normalized spacial score (nSPS) is 12.8. The maximum Gasteiger partial charge on any atom is 0.244 e. The molecule has 2 rings (SSSR count). The van der Waals surface area contributed by atoms with Crippen molar-refractivity contribution in [2.75, 3.05) is 31.3 Å². The molecule has 0 radical (unpaired) electrons. The first-order chi connectivity index (χ1) is 17.4. The number of benzene rings is 2. The summed E-state index contributed by atoms with van der Waals surface area (Å²) in [4.78, 5) is 28.5. The number of rotatable bonds is 13. The predicted octanol–water partition coefficient (Wildman–Crippen LogP) is 3.50. The summed E-state index contributed by atoms with van der Waals surface area (Å²) < 4.78 is 37.5. The Morgan fingerprint density at radius 3 is 2.30 bits per heavy atom. The van der Waals surface area contributed by atoms with E-state index < -0.39 is 28.5 Å². The Hall–Kier alpha value is -3.27. The number of sulfonamides is 1. The lowest BCUT2D eigenvalue weighted by Gasteiger charge is -2.33. The van der Waals surface area contributed by atoms with Gasteiger partial charge in [0.05, 0.1) is 26.2 Å². The lowest BCUT2D eigenvalue weighted by atomic mass is 10.1. The van der Waals surface area contributed by atoms with E-state index in [4.69, 9.17) is 9.47 Å². The van der Waals surface area contributed by atoms with Crippen LogP contribution in [0.1, 0.15) is 44.7 Å². The van der Waals surface area contributed by atoms with Crippen LogP contribution >= 0.6 is 0 Å². The highest BCUT2D eigenvalue weighted by atomic mass is 32.2. The van der Waals surface area contributed by atoms with Crippen molar-refractivity contribution < 1.29 is 27.5 Å². The van der Waals surface area contributed by atoms with E-state index in [-0.39, 0.29) is 24.2 Å². The molecule has 0 heterocycles. The summed E-state index contributed by atoms with van der Waals surface area (Å²) in [5, 5.41) is 2.96. The lowest BCUT2D eigenvalue weighted by Crippen LogP contribution is -2.53. The molecule has 2 amide bonds. The molecule has 0 aromatic heterocycles. The van der Waals surface area contributed by atoms with E-state index >= 15 is 0 Å². The summed E-state index contributed by atoms with van der Waals surface area (Å²) >= 11 is 0. The van der Waals surface area contributed by atoms with Crippen molar-refractivity contribution in [1.29, 1.82) is 0 Å². The van der Waals surface area contributed by atoms with Crippen molar-refractivity contribution in [3.63, 3.8) is 0 Å². The number of anilines is 1. The van der Waals surface area contributed by atoms with E-state index in [2.05, 4.69) is 5.32 Å². The smallest absolute Gasteiger partial charge is 0.244 e. The van der Waals surface area contributed by atoms with E-state index in [1.807, 2.05) is 33.8 Å². The Labute approximate surface area is 220 Å². The highest BCUT2D eigenvalue weighted by Crippen LogP contribution is 2.31. The average molecular weight is 534 g/mol. The number of methoxy groups -OCH3 is 2. The molecule has 0 aliphatic carbocycles. The van der Waals surface area contributed by atoms with Crippen molar-refractivity contribution in [2.24, 2.45) is 0 Å². The number of hydrogen-bond acceptors (Lipinski definition) is 6. The Bertz CT molecular complexity index is 1180. The summed E-state index contributed by atoms with van der Waals surface area (Å²) in [5.41, 5.74) is 1.82. The highest BCUT2D eigenvalue weighted by molar-refractivity contribution is 7.92. The monoisotopic (exact) mass is 533 g/mol. The fourth-order valence-electron chi connectivity index (χ4n) is 3.92. The summed E-state index contributed by atoms with van der Waals surface area (Å²) in [6.07, 6.45) is 2.13. The number of carbonyl (C=O) groups is 2. The first-order valence-electron chi connectivity index (χ1n) is 12.3. The van der Waals surface area contributed by atoms with Crippen LogP contribution in [-0.4, -0.2) is 64.2 Å². The van der Waals surface area contributed by atoms with Gasteiger partial charge in [-0.15, -0.1) is 0 Å². The molecule has 10 heteroatoms. The van der Waals surface area contributed by atoms with Gasteiger partial charge >= 0.3 is 0 Å². The van der Waals surface area contributed by atoms with Crippen LogP contribution in [-0.2, 0) is 26.2 Å². The van der Waals surface area contributed by atoms with Crippen LogP contribution in [0.5, 0.6) is 11.5 Å². The Morgan fingerprint density at radius 2 is 1.73 bits per heavy atom. The zero-order valence-corrected chi connectivity index (χ0v) is 23.6. The maximum absolute atomic E-state index is 13.8. The van der Waals surface area contributed by atoms with E-state index in [1.54, 1.807) is 43.5 Å². The summed E-state index contributed by atoms with van der Waals surface area (Å²) in [6, 6.07) is 11.5. The molecule has 37 heavy (non-hydrogen) atoms. The molecular formula is C27H39N3O6S. The number of amides is 2. The number of ether oxygens (including phenoxy) is 2. The molecule has 0 spiro atoms. The predicted molar refractivity (Wildman–Crippen MR) is 145 cm³/mol. The molecule has 9 nitrogen and oxygen atoms in total. The van der Waals surface area contributed by atoms with Crippen LogP contribution in [0.25, 0.3) is 0 Å². The van der Waals surface area contributed by atoms with Gasteiger partial charge in [-0.05, 0) is 62.1 Å². The van der Waals surface area contributed by atoms with Gasteiger partial charge in [0.1, 0.15) is 24.1 Å². The third-order valence-electron chi connectivity index (χ3n) is 6.16. The van der Waals surface area contributed by atoms with Gasteiger partial charge in [-0.25, -0.2) is 8.42 Å². The second-order valence-corrected chi connectivity index (χ2v) is 11.0. The van der Waals surface area contributed by atoms with Crippen LogP contribution in [0.4, 0.5) is 5.69 Å². The van der Waals surface area contributed by atoms with Crippen molar-refractivity contribution in [3.05, 3.63) is 53.6 Å². The van der Waals surface area contributed by atoms with Crippen LogP contribution in [0, 0.1) is 6.92 Å². The molecule has 2 aromatic carbocycles. The molecule has 0 aliphatic rings. The first-order valence-corrected chi connectivity index (χ1v) is 14.1. The van der Waals surface area contributed by atoms with Gasteiger partial charge < -0.3 is 19.7 Å². The highest BCUT2D eigenvalue weighted by Gasteiger charge is 2.33. The summed E-state index contributed by atoms with van der Waals surface area (Å²) in [6.45, 7) is 7.12. The average Bonchev–Trinajstić information content (AvgIpc) is 2.86. The molecular weight excluding hydrogens is 494 g/mol. The summed E-state index contributed by atoms with van der Waals surface area (Å²) in [7, 11) is -0.876. The standard InChI is InChI=1S/C27H39N3O6S/c1-8-20(4)28-27(32)23(9-2)29(17-21-11-10-12-22(16-21)35-5)26(31)18-30(37(7,33)34)24-15-19(3)13-14-25(24)36-6/h10-16,20,23H,8-9,17-18H2,1-7H3,(H,28,32)/t20-,23+/m0/s1. The van der Waals surface area contributed by atoms with Crippen LogP contribution in [0.2, 0.25) is 0 Å². The van der Waals surface area contributed by atoms with E-state index in [1.165, 1.54) is 12.0 Å². The molecule has 0 fully saturated rings. The zero-order chi connectivity index (χ0) is 27.8. The van der Waals surface area contributed by atoms with Crippen LogP contribution < -0.4 is 19.1 Å². The third kappa shape index (κ3) is 8.11. The minimum absolute atomic E-state index is 0.0700.